The van der Waals surface area contributed by atoms with E-state index in [9.17, 15) is 0 Å². The van der Waals surface area contributed by atoms with Crippen LogP contribution in [-0.2, 0) is 0 Å². The van der Waals surface area contributed by atoms with Crippen molar-refractivity contribution in [3.05, 3.63) is 48.0 Å². The molecule has 0 N–H and O–H groups in total. The molecule has 1 fully saturated rings. The van der Waals surface area contributed by atoms with Crippen LogP contribution in [0.3, 0.4) is 0 Å². The van der Waals surface area contributed by atoms with Gasteiger partial charge in [-0.3, -0.25) is 0 Å². The Morgan fingerprint density at radius 3 is 2.54 bits per heavy atom. The molecule has 66 valence electrons. The fourth-order valence-corrected chi connectivity index (χ4v) is 5.65. The Morgan fingerprint density at radius 1 is 1.08 bits per heavy atom. The standard InChI is InChI=1S/C12H12Se/c1-2-4-9(5-3-1)12-10-6-7-11(8-10)13-12/h1-7,10-12H,8H2. The van der Waals surface area contributed by atoms with Gasteiger partial charge < -0.3 is 0 Å². The summed E-state index contributed by atoms with van der Waals surface area (Å²) in [7, 11) is 0. The van der Waals surface area contributed by atoms with Crippen molar-refractivity contribution in [2.24, 2.45) is 5.92 Å². The molecule has 1 heteroatoms. The van der Waals surface area contributed by atoms with Crippen LogP contribution < -0.4 is 0 Å². The van der Waals surface area contributed by atoms with Crippen molar-refractivity contribution in [3.63, 3.8) is 0 Å². The molecule has 3 atom stereocenters. The minimum atomic E-state index is 0.820. The average molecular weight is 235 g/mol. The van der Waals surface area contributed by atoms with Crippen molar-refractivity contribution < 1.29 is 0 Å². The molecule has 0 amide bonds. The summed E-state index contributed by atoms with van der Waals surface area (Å²) >= 11 is 0.820. The Kier molecular flexibility index (Phi) is 1.81. The monoisotopic (exact) mass is 236 g/mol. The van der Waals surface area contributed by atoms with Crippen LogP contribution in [-0.4, -0.2) is 15.0 Å². The van der Waals surface area contributed by atoms with Gasteiger partial charge in [0.2, 0.25) is 0 Å². The van der Waals surface area contributed by atoms with Crippen LogP contribution in [0, 0.1) is 5.92 Å². The third kappa shape index (κ3) is 1.27. The van der Waals surface area contributed by atoms with Crippen molar-refractivity contribution in [1.82, 2.24) is 0 Å². The molecule has 1 saturated heterocycles. The summed E-state index contributed by atoms with van der Waals surface area (Å²) in [6, 6.07) is 11.0. The van der Waals surface area contributed by atoms with Gasteiger partial charge >= 0.3 is 85.0 Å². The molecule has 3 unspecified atom stereocenters. The molecule has 0 aromatic heterocycles. The quantitative estimate of drug-likeness (QED) is 0.518. The number of hydrogen-bond donors (Lipinski definition) is 0. The predicted octanol–water partition coefficient (Wildman–Crippen LogP) is 2.81. The molecule has 0 nitrogen and oxygen atoms in total. The molecular weight excluding hydrogens is 223 g/mol. The van der Waals surface area contributed by atoms with Crippen LogP contribution in [0.15, 0.2) is 42.5 Å². The molecule has 1 aliphatic carbocycles. The first-order valence-electron chi connectivity index (χ1n) is 4.82. The summed E-state index contributed by atoms with van der Waals surface area (Å²) in [5.41, 5.74) is 1.57. The maximum absolute atomic E-state index is 2.44. The number of rotatable bonds is 1. The zero-order valence-electron chi connectivity index (χ0n) is 7.39. The SMILES string of the molecule is C1=CC2CC1[Se]C2c1ccccc1. The van der Waals surface area contributed by atoms with Gasteiger partial charge in [-0.15, -0.1) is 0 Å². The van der Waals surface area contributed by atoms with E-state index in [4.69, 9.17) is 0 Å². The molecule has 0 spiro atoms. The Balaban J connectivity index is 1.92. The van der Waals surface area contributed by atoms with Crippen molar-refractivity contribution in [2.45, 2.75) is 16.1 Å². The van der Waals surface area contributed by atoms with Gasteiger partial charge in [-0.1, -0.05) is 0 Å². The van der Waals surface area contributed by atoms with E-state index in [0.29, 0.717) is 0 Å². The van der Waals surface area contributed by atoms with Gasteiger partial charge in [0.25, 0.3) is 0 Å². The first kappa shape index (κ1) is 7.84. The minimum absolute atomic E-state index is 0.820. The zero-order chi connectivity index (χ0) is 8.67. The molecule has 1 aromatic rings. The third-order valence-corrected chi connectivity index (χ3v) is 6.30. The number of fused-ring (bicyclic) bond motifs is 2. The van der Waals surface area contributed by atoms with Crippen LogP contribution in [0.1, 0.15) is 16.8 Å². The van der Waals surface area contributed by atoms with Crippen molar-refractivity contribution in [3.8, 4) is 0 Å². The van der Waals surface area contributed by atoms with E-state index in [0.717, 1.165) is 30.5 Å². The maximum atomic E-state index is 2.44. The van der Waals surface area contributed by atoms with Crippen molar-refractivity contribution in [2.75, 3.05) is 0 Å². The van der Waals surface area contributed by atoms with Crippen molar-refractivity contribution >= 4 is 15.0 Å². The Morgan fingerprint density at radius 2 is 1.92 bits per heavy atom. The second-order valence-electron chi connectivity index (χ2n) is 3.79. The van der Waals surface area contributed by atoms with E-state index in [1.807, 2.05) is 0 Å². The van der Waals surface area contributed by atoms with Crippen LogP contribution in [0.4, 0.5) is 0 Å². The molecule has 0 radical (unpaired) electrons. The molecule has 1 aromatic carbocycles. The topological polar surface area (TPSA) is 0 Å². The van der Waals surface area contributed by atoms with Gasteiger partial charge in [-0.2, -0.15) is 0 Å². The van der Waals surface area contributed by atoms with Crippen LogP contribution >= 0.6 is 0 Å². The van der Waals surface area contributed by atoms with E-state index < -0.39 is 0 Å². The van der Waals surface area contributed by atoms with E-state index in [-0.39, 0.29) is 0 Å². The fourth-order valence-electron chi connectivity index (χ4n) is 2.28. The van der Waals surface area contributed by atoms with Crippen LogP contribution in [0.25, 0.3) is 0 Å². The molecule has 1 heterocycles. The van der Waals surface area contributed by atoms with Gasteiger partial charge in [0.15, 0.2) is 0 Å². The Labute approximate surface area is 85.2 Å². The molecule has 2 bridgehead atoms. The van der Waals surface area contributed by atoms with Crippen LogP contribution in [0.2, 0.25) is 4.82 Å². The van der Waals surface area contributed by atoms with Crippen molar-refractivity contribution in [1.29, 1.82) is 0 Å². The van der Waals surface area contributed by atoms with Gasteiger partial charge in [0.1, 0.15) is 0 Å². The summed E-state index contributed by atoms with van der Waals surface area (Å²) in [6.45, 7) is 0. The number of hydrogen-bond acceptors (Lipinski definition) is 0. The molecular formula is C12H12Se. The van der Waals surface area contributed by atoms with Gasteiger partial charge in [-0.25, -0.2) is 0 Å². The number of benzene rings is 1. The molecule has 3 rings (SSSR count). The van der Waals surface area contributed by atoms with Gasteiger partial charge in [0.05, 0.1) is 0 Å². The normalized spacial score (nSPS) is 35.5. The second kappa shape index (κ2) is 3.01. The van der Waals surface area contributed by atoms with E-state index in [2.05, 4.69) is 42.5 Å². The summed E-state index contributed by atoms with van der Waals surface area (Å²) in [4.78, 5) is 1.83. The summed E-state index contributed by atoms with van der Waals surface area (Å²) in [6.07, 6.45) is 6.30. The first-order chi connectivity index (χ1) is 6.43. The third-order valence-electron chi connectivity index (χ3n) is 2.92. The van der Waals surface area contributed by atoms with E-state index in [1.165, 1.54) is 6.42 Å². The Bertz CT molecular complexity index is 328. The number of allylic oxidation sites excluding steroid dienone is 2. The summed E-state index contributed by atoms with van der Waals surface area (Å²) in [5.74, 6) is 0.868. The van der Waals surface area contributed by atoms with E-state index in [1.54, 1.807) is 5.56 Å². The van der Waals surface area contributed by atoms with Gasteiger partial charge in [0, 0.05) is 0 Å². The first-order valence-corrected chi connectivity index (χ1v) is 6.80. The summed E-state index contributed by atoms with van der Waals surface area (Å²) in [5, 5.41) is 0. The zero-order valence-corrected chi connectivity index (χ0v) is 9.10. The molecule has 13 heavy (non-hydrogen) atoms. The fraction of sp³-hybridized carbons (Fsp3) is 0.333. The van der Waals surface area contributed by atoms with Gasteiger partial charge in [-0.05, 0) is 0 Å². The molecule has 1 aliphatic heterocycles. The molecule has 0 saturated carbocycles. The second-order valence-corrected chi connectivity index (χ2v) is 6.70. The predicted molar refractivity (Wildman–Crippen MR) is 55.9 cm³/mol. The Hall–Kier alpha value is -0.521. The average Bonchev–Trinajstić information content (AvgIpc) is 2.80. The summed E-state index contributed by atoms with van der Waals surface area (Å²) < 4.78 is 0. The van der Waals surface area contributed by atoms with E-state index >= 15 is 0 Å². The van der Waals surface area contributed by atoms with Crippen LogP contribution in [0.5, 0.6) is 0 Å². The molecule has 2 aliphatic rings.